The molecule has 0 aromatic rings. The molecule has 1 saturated carbocycles. The minimum atomic E-state index is -4.22. The maximum atomic E-state index is 12.6. The quantitative estimate of drug-likeness (QED) is 0.619. The molecular formula is C15H20F3NO4. The Kier molecular flexibility index (Phi) is 4.73. The van der Waals surface area contributed by atoms with Crippen molar-refractivity contribution < 1.29 is 32.3 Å². The van der Waals surface area contributed by atoms with Crippen molar-refractivity contribution in [2.75, 3.05) is 6.61 Å². The lowest BCUT2D eigenvalue weighted by Gasteiger charge is -2.34. The van der Waals surface area contributed by atoms with Crippen molar-refractivity contribution in [1.29, 1.82) is 0 Å². The standard InChI is InChI=1S/C15H20F3NO4/c1-14(2)7-23-13(22)10(11(14)20)12(21)19-9-5-3-8(4-6-9)15(16,17)18/h8-10H,3-7H2,1-2H3,(H,19,21). The number of esters is 1. The maximum Gasteiger partial charge on any atom is 0.391 e. The number of ether oxygens (including phenoxy) is 1. The first-order valence-corrected chi connectivity index (χ1v) is 7.60. The summed E-state index contributed by atoms with van der Waals surface area (Å²) in [5, 5.41) is 2.53. The zero-order valence-corrected chi connectivity index (χ0v) is 13.0. The Labute approximate surface area is 131 Å². The molecule has 1 heterocycles. The summed E-state index contributed by atoms with van der Waals surface area (Å²) < 4.78 is 42.7. The topological polar surface area (TPSA) is 72.5 Å². The van der Waals surface area contributed by atoms with E-state index in [1.807, 2.05) is 0 Å². The molecule has 0 aromatic carbocycles. The van der Waals surface area contributed by atoms with Crippen molar-refractivity contribution in [3.63, 3.8) is 0 Å². The number of hydrogen-bond donors (Lipinski definition) is 1. The van der Waals surface area contributed by atoms with Crippen molar-refractivity contribution in [3.8, 4) is 0 Å². The number of carbonyl (C=O) groups is 3. The van der Waals surface area contributed by atoms with Crippen LogP contribution in [-0.2, 0) is 19.1 Å². The Morgan fingerprint density at radius 1 is 1.17 bits per heavy atom. The average molecular weight is 335 g/mol. The molecule has 1 aliphatic carbocycles. The highest BCUT2D eigenvalue weighted by Crippen LogP contribution is 2.37. The van der Waals surface area contributed by atoms with Crippen molar-refractivity contribution in [3.05, 3.63) is 0 Å². The van der Waals surface area contributed by atoms with E-state index in [-0.39, 0.29) is 32.3 Å². The monoisotopic (exact) mass is 335 g/mol. The lowest BCUT2D eigenvalue weighted by molar-refractivity contribution is -0.182. The average Bonchev–Trinajstić information content (AvgIpc) is 2.43. The summed E-state index contributed by atoms with van der Waals surface area (Å²) >= 11 is 0. The van der Waals surface area contributed by atoms with Crippen molar-refractivity contribution in [1.82, 2.24) is 5.32 Å². The molecule has 1 N–H and O–H groups in total. The zero-order chi connectivity index (χ0) is 17.4. The fourth-order valence-corrected chi connectivity index (χ4v) is 2.98. The molecule has 1 amide bonds. The van der Waals surface area contributed by atoms with Crippen molar-refractivity contribution in [2.45, 2.75) is 51.7 Å². The minimum Gasteiger partial charge on any atom is -0.464 e. The fraction of sp³-hybridized carbons (Fsp3) is 0.800. The van der Waals surface area contributed by atoms with Crippen LogP contribution in [0.2, 0.25) is 0 Å². The number of amides is 1. The normalized spacial score (nSPS) is 31.4. The van der Waals surface area contributed by atoms with Gasteiger partial charge in [-0.15, -0.1) is 0 Å². The summed E-state index contributed by atoms with van der Waals surface area (Å²) in [7, 11) is 0. The van der Waals surface area contributed by atoms with Gasteiger partial charge in [-0.25, -0.2) is 0 Å². The molecule has 8 heteroatoms. The second-order valence-electron chi connectivity index (χ2n) is 6.89. The second kappa shape index (κ2) is 6.13. The summed E-state index contributed by atoms with van der Waals surface area (Å²) in [6.45, 7) is 3.08. The Morgan fingerprint density at radius 2 is 1.74 bits per heavy atom. The van der Waals surface area contributed by atoms with Gasteiger partial charge in [0.15, 0.2) is 11.7 Å². The van der Waals surface area contributed by atoms with Crippen LogP contribution < -0.4 is 5.32 Å². The predicted octanol–water partition coefficient (Wildman–Crippen LogP) is 1.99. The third-order valence-corrected chi connectivity index (χ3v) is 4.54. The smallest absolute Gasteiger partial charge is 0.391 e. The van der Waals surface area contributed by atoms with E-state index in [2.05, 4.69) is 5.32 Å². The third kappa shape index (κ3) is 3.84. The summed E-state index contributed by atoms with van der Waals surface area (Å²) in [5.41, 5.74) is -0.941. The first kappa shape index (κ1) is 17.7. The molecular weight excluding hydrogens is 315 g/mol. The van der Waals surface area contributed by atoms with Gasteiger partial charge in [0.05, 0.1) is 11.3 Å². The molecule has 0 aromatic heterocycles. The lowest BCUT2D eigenvalue weighted by atomic mass is 9.79. The van der Waals surface area contributed by atoms with Crippen LogP contribution in [-0.4, -0.2) is 36.5 Å². The van der Waals surface area contributed by atoms with Crippen molar-refractivity contribution >= 4 is 17.7 Å². The minimum absolute atomic E-state index is 0.0665. The van der Waals surface area contributed by atoms with Crippen LogP contribution in [0.25, 0.3) is 0 Å². The molecule has 130 valence electrons. The summed E-state index contributed by atoms with van der Waals surface area (Å²) in [5.74, 6) is -5.07. The number of ketones is 1. The molecule has 5 nitrogen and oxygen atoms in total. The van der Waals surface area contributed by atoms with Crippen LogP contribution in [0.5, 0.6) is 0 Å². The van der Waals surface area contributed by atoms with E-state index in [1.54, 1.807) is 13.8 Å². The molecule has 1 unspecified atom stereocenters. The highest BCUT2D eigenvalue weighted by molar-refractivity contribution is 6.19. The number of Topliss-reactive ketones (excluding diaryl/α,β-unsaturated/α-hetero) is 1. The van der Waals surface area contributed by atoms with E-state index in [0.29, 0.717) is 0 Å². The van der Waals surface area contributed by atoms with E-state index < -0.39 is 47.1 Å². The van der Waals surface area contributed by atoms with Crippen LogP contribution >= 0.6 is 0 Å². The van der Waals surface area contributed by atoms with Gasteiger partial charge in [0, 0.05) is 6.04 Å². The van der Waals surface area contributed by atoms with E-state index in [0.717, 1.165) is 0 Å². The van der Waals surface area contributed by atoms with E-state index in [1.165, 1.54) is 0 Å². The molecule has 1 atom stereocenters. The molecule has 0 spiro atoms. The number of hydrogen-bond acceptors (Lipinski definition) is 4. The SMILES string of the molecule is CC1(C)COC(=O)C(C(=O)NC2CCC(C(F)(F)F)CC2)C1=O. The molecule has 0 bridgehead atoms. The third-order valence-electron chi connectivity index (χ3n) is 4.54. The molecule has 1 aliphatic heterocycles. The van der Waals surface area contributed by atoms with E-state index in [4.69, 9.17) is 4.74 Å². The van der Waals surface area contributed by atoms with Crippen LogP contribution in [0.3, 0.4) is 0 Å². The van der Waals surface area contributed by atoms with Crippen LogP contribution in [0.15, 0.2) is 0 Å². The van der Waals surface area contributed by atoms with Gasteiger partial charge in [-0.2, -0.15) is 13.2 Å². The van der Waals surface area contributed by atoms with Crippen LogP contribution in [0.1, 0.15) is 39.5 Å². The Morgan fingerprint density at radius 3 is 2.26 bits per heavy atom. The highest BCUT2D eigenvalue weighted by Gasteiger charge is 2.49. The maximum absolute atomic E-state index is 12.6. The van der Waals surface area contributed by atoms with Gasteiger partial charge in [0.25, 0.3) is 0 Å². The number of halogens is 3. The second-order valence-corrected chi connectivity index (χ2v) is 6.89. The predicted molar refractivity (Wildman–Crippen MR) is 73.2 cm³/mol. The van der Waals surface area contributed by atoms with Gasteiger partial charge >= 0.3 is 12.1 Å². The molecule has 23 heavy (non-hydrogen) atoms. The first-order chi connectivity index (χ1) is 10.5. The van der Waals surface area contributed by atoms with Gasteiger partial charge in [-0.3, -0.25) is 14.4 Å². The molecule has 2 rings (SSSR count). The Hall–Kier alpha value is -1.60. The molecule has 0 radical (unpaired) electrons. The van der Waals surface area contributed by atoms with Gasteiger partial charge in [-0.1, -0.05) is 0 Å². The number of rotatable bonds is 2. The fourth-order valence-electron chi connectivity index (χ4n) is 2.98. The molecule has 2 aliphatic rings. The summed E-state index contributed by atoms with van der Waals surface area (Å²) in [6.07, 6.45) is -4.00. The number of nitrogens with one attached hydrogen (secondary N) is 1. The van der Waals surface area contributed by atoms with Gasteiger partial charge in [-0.05, 0) is 39.5 Å². The number of cyclic esters (lactones) is 1. The van der Waals surface area contributed by atoms with Gasteiger partial charge in [0.1, 0.15) is 6.61 Å². The molecule has 1 saturated heterocycles. The van der Waals surface area contributed by atoms with Gasteiger partial charge < -0.3 is 10.1 Å². The van der Waals surface area contributed by atoms with Gasteiger partial charge in [0.2, 0.25) is 5.91 Å². The zero-order valence-electron chi connectivity index (χ0n) is 13.0. The van der Waals surface area contributed by atoms with Crippen molar-refractivity contribution in [2.24, 2.45) is 17.3 Å². The van der Waals surface area contributed by atoms with E-state index in [9.17, 15) is 27.6 Å². The Balaban J connectivity index is 1.95. The first-order valence-electron chi connectivity index (χ1n) is 7.60. The summed E-state index contributed by atoms with van der Waals surface area (Å²) in [6, 6.07) is -0.452. The summed E-state index contributed by atoms with van der Waals surface area (Å²) in [4.78, 5) is 36.1. The Bertz CT molecular complexity index is 507. The number of carbonyl (C=O) groups excluding carboxylic acids is 3. The lowest BCUT2D eigenvalue weighted by Crippen LogP contribution is -2.53. The van der Waals surface area contributed by atoms with Crippen LogP contribution in [0, 0.1) is 17.3 Å². The number of alkyl halides is 3. The highest BCUT2D eigenvalue weighted by atomic mass is 19.4. The molecule has 2 fully saturated rings. The largest absolute Gasteiger partial charge is 0.464 e. The van der Waals surface area contributed by atoms with E-state index >= 15 is 0 Å². The van der Waals surface area contributed by atoms with Crippen LogP contribution in [0.4, 0.5) is 13.2 Å².